The molecule has 3 nitrogen and oxygen atoms in total. The van der Waals surface area contributed by atoms with Crippen molar-refractivity contribution in [2.24, 2.45) is 17.1 Å². The Hall–Kier alpha value is -0.570. The van der Waals surface area contributed by atoms with Crippen LogP contribution >= 0.6 is 0 Å². The molecular formula is C12H24N2O. The van der Waals surface area contributed by atoms with Gasteiger partial charge in [-0.15, -0.1) is 0 Å². The number of carbonyl (C=O) groups excluding carboxylic acids is 1. The molecule has 88 valence electrons. The Morgan fingerprint density at radius 3 is 2.40 bits per heavy atom. The average Bonchev–Trinajstić information content (AvgIpc) is 2.27. The molecule has 3 heteroatoms. The van der Waals surface area contributed by atoms with Crippen LogP contribution in [0.25, 0.3) is 0 Å². The van der Waals surface area contributed by atoms with Gasteiger partial charge in [-0.05, 0) is 24.8 Å². The number of carbonyl (C=O) groups is 1. The first-order valence-corrected chi connectivity index (χ1v) is 6.07. The number of hydrogen-bond donors (Lipinski definition) is 2. The van der Waals surface area contributed by atoms with Crippen molar-refractivity contribution in [2.45, 2.75) is 46.0 Å². The van der Waals surface area contributed by atoms with E-state index in [2.05, 4.69) is 5.32 Å². The van der Waals surface area contributed by atoms with E-state index >= 15 is 0 Å². The van der Waals surface area contributed by atoms with E-state index in [9.17, 15) is 4.79 Å². The maximum Gasteiger partial charge on any atom is 0.222 e. The van der Waals surface area contributed by atoms with Crippen molar-refractivity contribution >= 4 is 5.91 Å². The average molecular weight is 212 g/mol. The Kier molecular flexibility index (Phi) is 4.58. The summed E-state index contributed by atoms with van der Waals surface area (Å²) in [6.45, 7) is 5.31. The van der Waals surface area contributed by atoms with Gasteiger partial charge in [0.1, 0.15) is 0 Å². The highest BCUT2D eigenvalue weighted by Gasteiger charge is 2.30. The van der Waals surface area contributed by atoms with E-state index in [0.717, 1.165) is 6.54 Å². The normalized spacial score (nSPS) is 20.3. The Bertz CT molecular complexity index is 208. The third kappa shape index (κ3) is 3.49. The fraction of sp³-hybridized carbons (Fsp3) is 0.917. The van der Waals surface area contributed by atoms with Gasteiger partial charge < -0.3 is 11.1 Å². The maximum absolute atomic E-state index is 11.5. The lowest BCUT2D eigenvalue weighted by Gasteiger charge is -2.36. The van der Waals surface area contributed by atoms with Crippen molar-refractivity contribution in [2.75, 3.05) is 13.1 Å². The molecule has 0 bridgehead atoms. The number of rotatable bonds is 4. The van der Waals surface area contributed by atoms with Crippen molar-refractivity contribution in [1.82, 2.24) is 5.32 Å². The summed E-state index contributed by atoms with van der Waals surface area (Å²) in [5.74, 6) is 0.219. The number of hydrogen-bond acceptors (Lipinski definition) is 2. The van der Waals surface area contributed by atoms with Crippen molar-refractivity contribution in [3.05, 3.63) is 0 Å². The van der Waals surface area contributed by atoms with E-state index in [1.54, 1.807) is 0 Å². The summed E-state index contributed by atoms with van der Waals surface area (Å²) >= 11 is 0. The Morgan fingerprint density at radius 1 is 1.33 bits per heavy atom. The molecule has 0 aromatic rings. The van der Waals surface area contributed by atoms with Crippen LogP contribution in [0.4, 0.5) is 0 Å². The van der Waals surface area contributed by atoms with E-state index in [1.165, 1.54) is 32.1 Å². The number of amides is 1. The molecule has 1 aliphatic rings. The first-order chi connectivity index (χ1) is 7.09. The summed E-state index contributed by atoms with van der Waals surface area (Å²) in [5.41, 5.74) is 6.03. The molecule has 0 heterocycles. The molecule has 1 aliphatic carbocycles. The van der Waals surface area contributed by atoms with Crippen LogP contribution in [0.2, 0.25) is 0 Å². The SMILES string of the molecule is CC(C)C(=O)NCC1(CN)CCCCC1. The molecule has 0 aromatic carbocycles. The van der Waals surface area contributed by atoms with E-state index in [-0.39, 0.29) is 17.2 Å². The molecule has 1 saturated carbocycles. The minimum absolute atomic E-state index is 0.0726. The second kappa shape index (κ2) is 5.50. The van der Waals surface area contributed by atoms with Crippen LogP contribution < -0.4 is 11.1 Å². The highest BCUT2D eigenvalue weighted by Crippen LogP contribution is 2.34. The summed E-state index contributed by atoms with van der Waals surface area (Å²) in [6.07, 6.45) is 6.17. The lowest BCUT2D eigenvalue weighted by molar-refractivity contribution is -0.124. The van der Waals surface area contributed by atoms with Crippen LogP contribution in [0.1, 0.15) is 46.0 Å². The van der Waals surface area contributed by atoms with Crippen molar-refractivity contribution < 1.29 is 4.79 Å². The minimum atomic E-state index is 0.0726. The van der Waals surface area contributed by atoms with Crippen LogP contribution in [0.15, 0.2) is 0 Å². The van der Waals surface area contributed by atoms with Gasteiger partial charge in [0, 0.05) is 12.5 Å². The first-order valence-electron chi connectivity index (χ1n) is 6.07. The van der Waals surface area contributed by atoms with Crippen LogP contribution in [0.5, 0.6) is 0 Å². The zero-order valence-corrected chi connectivity index (χ0v) is 10.0. The molecule has 1 amide bonds. The molecule has 0 unspecified atom stereocenters. The highest BCUT2D eigenvalue weighted by molar-refractivity contribution is 5.77. The molecule has 15 heavy (non-hydrogen) atoms. The molecular weight excluding hydrogens is 188 g/mol. The highest BCUT2D eigenvalue weighted by atomic mass is 16.1. The molecule has 0 aliphatic heterocycles. The van der Waals surface area contributed by atoms with E-state index < -0.39 is 0 Å². The first kappa shape index (κ1) is 12.5. The Balaban J connectivity index is 2.42. The molecule has 0 aromatic heterocycles. The van der Waals surface area contributed by atoms with Gasteiger partial charge in [0.15, 0.2) is 0 Å². The zero-order valence-electron chi connectivity index (χ0n) is 10.0. The lowest BCUT2D eigenvalue weighted by Crippen LogP contribution is -2.44. The molecule has 0 atom stereocenters. The van der Waals surface area contributed by atoms with E-state index in [1.807, 2.05) is 13.8 Å². The largest absolute Gasteiger partial charge is 0.355 e. The quantitative estimate of drug-likeness (QED) is 0.744. The van der Waals surface area contributed by atoms with Gasteiger partial charge in [-0.25, -0.2) is 0 Å². The molecule has 0 saturated heterocycles. The maximum atomic E-state index is 11.5. The fourth-order valence-electron chi connectivity index (χ4n) is 2.23. The van der Waals surface area contributed by atoms with Crippen LogP contribution in [0.3, 0.4) is 0 Å². The summed E-state index contributed by atoms with van der Waals surface area (Å²) < 4.78 is 0. The third-order valence-corrected chi connectivity index (χ3v) is 3.51. The summed E-state index contributed by atoms with van der Waals surface area (Å²) in [5, 5.41) is 3.02. The predicted molar refractivity (Wildman–Crippen MR) is 62.4 cm³/mol. The van der Waals surface area contributed by atoms with Gasteiger partial charge in [0.05, 0.1) is 0 Å². The smallest absolute Gasteiger partial charge is 0.222 e. The van der Waals surface area contributed by atoms with Gasteiger partial charge in [0.25, 0.3) is 0 Å². The van der Waals surface area contributed by atoms with Crippen molar-refractivity contribution in [1.29, 1.82) is 0 Å². The van der Waals surface area contributed by atoms with Gasteiger partial charge in [-0.3, -0.25) is 4.79 Å². The van der Waals surface area contributed by atoms with E-state index in [4.69, 9.17) is 5.73 Å². The van der Waals surface area contributed by atoms with Gasteiger partial charge in [0.2, 0.25) is 5.91 Å². The topological polar surface area (TPSA) is 55.1 Å². The van der Waals surface area contributed by atoms with Crippen molar-refractivity contribution in [3.8, 4) is 0 Å². The third-order valence-electron chi connectivity index (χ3n) is 3.51. The minimum Gasteiger partial charge on any atom is -0.355 e. The van der Waals surface area contributed by atoms with Crippen LogP contribution in [0, 0.1) is 11.3 Å². The van der Waals surface area contributed by atoms with E-state index in [0.29, 0.717) is 6.54 Å². The van der Waals surface area contributed by atoms with Crippen molar-refractivity contribution in [3.63, 3.8) is 0 Å². The summed E-state index contributed by atoms with van der Waals surface area (Å²) in [6, 6.07) is 0. The second-order valence-electron chi connectivity index (χ2n) is 5.14. The Labute approximate surface area is 92.8 Å². The standard InChI is InChI=1S/C12H24N2O/c1-10(2)11(15)14-9-12(8-13)6-4-3-5-7-12/h10H,3-9,13H2,1-2H3,(H,14,15). The monoisotopic (exact) mass is 212 g/mol. The van der Waals surface area contributed by atoms with Crippen LogP contribution in [-0.4, -0.2) is 19.0 Å². The second-order valence-corrected chi connectivity index (χ2v) is 5.14. The van der Waals surface area contributed by atoms with Crippen LogP contribution in [-0.2, 0) is 4.79 Å². The van der Waals surface area contributed by atoms with Gasteiger partial charge >= 0.3 is 0 Å². The molecule has 0 spiro atoms. The zero-order chi connectivity index (χ0) is 11.3. The number of nitrogens with one attached hydrogen (secondary N) is 1. The lowest BCUT2D eigenvalue weighted by atomic mass is 9.74. The van der Waals surface area contributed by atoms with Gasteiger partial charge in [-0.1, -0.05) is 33.1 Å². The molecule has 3 N–H and O–H groups in total. The molecule has 1 fully saturated rings. The molecule has 1 rings (SSSR count). The Morgan fingerprint density at radius 2 is 1.93 bits per heavy atom. The predicted octanol–water partition coefficient (Wildman–Crippen LogP) is 1.67. The summed E-state index contributed by atoms with van der Waals surface area (Å²) in [4.78, 5) is 11.5. The summed E-state index contributed by atoms with van der Waals surface area (Å²) in [7, 11) is 0. The fourth-order valence-corrected chi connectivity index (χ4v) is 2.23. The van der Waals surface area contributed by atoms with Gasteiger partial charge in [-0.2, -0.15) is 0 Å². The molecule has 0 radical (unpaired) electrons. The number of nitrogens with two attached hydrogens (primary N) is 1.